The molecular weight excluding hydrogens is 314 g/mol. The Kier molecular flexibility index (Phi) is 4.79. The lowest BCUT2D eigenvalue weighted by Crippen LogP contribution is -2.46. The Morgan fingerprint density at radius 3 is 2.91 bits per heavy atom. The third-order valence-corrected chi connectivity index (χ3v) is 4.18. The minimum absolute atomic E-state index is 0.0385. The number of ether oxygens (including phenoxy) is 1. The molecule has 0 amide bonds. The highest BCUT2D eigenvalue weighted by Crippen LogP contribution is 2.24. The van der Waals surface area contributed by atoms with Crippen LogP contribution in [0.1, 0.15) is 22.0 Å². The highest BCUT2D eigenvalue weighted by molar-refractivity contribution is 6.30. The molecule has 2 heterocycles. The van der Waals surface area contributed by atoms with Gasteiger partial charge in [-0.2, -0.15) is 0 Å². The van der Waals surface area contributed by atoms with Crippen molar-refractivity contribution in [2.45, 2.75) is 6.04 Å². The molecule has 120 valence electrons. The molecule has 23 heavy (non-hydrogen) atoms. The number of benzene rings is 1. The SMILES string of the molecule is COC(=O)c1ccccc1C1CN(c2ccc(Cl)cn2)CCN1. The maximum Gasteiger partial charge on any atom is 0.338 e. The maximum absolute atomic E-state index is 12.0. The number of rotatable bonds is 3. The van der Waals surface area contributed by atoms with Crippen molar-refractivity contribution >= 4 is 23.4 Å². The average molecular weight is 332 g/mol. The number of hydrogen-bond acceptors (Lipinski definition) is 5. The number of pyridine rings is 1. The predicted molar refractivity (Wildman–Crippen MR) is 90.0 cm³/mol. The molecule has 0 aliphatic carbocycles. The zero-order chi connectivity index (χ0) is 16.2. The zero-order valence-electron chi connectivity index (χ0n) is 12.8. The van der Waals surface area contributed by atoms with Gasteiger partial charge in [0.2, 0.25) is 0 Å². The quantitative estimate of drug-likeness (QED) is 0.876. The van der Waals surface area contributed by atoms with Crippen LogP contribution in [-0.2, 0) is 4.74 Å². The Bertz CT molecular complexity index is 690. The van der Waals surface area contributed by atoms with Crippen LogP contribution in [0.25, 0.3) is 0 Å². The third kappa shape index (κ3) is 3.46. The number of halogens is 1. The highest BCUT2D eigenvalue weighted by Gasteiger charge is 2.25. The van der Waals surface area contributed by atoms with Crippen LogP contribution in [0.15, 0.2) is 42.6 Å². The second kappa shape index (κ2) is 6.98. The first kappa shape index (κ1) is 15.8. The first-order valence-electron chi connectivity index (χ1n) is 7.46. The van der Waals surface area contributed by atoms with E-state index in [1.54, 1.807) is 12.3 Å². The summed E-state index contributed by atoms with van der Waals surface area (Å²) in [6.45, 7) is 2.39. The number of esters is 1. The summed E-state index contributed by atoms with van der Waals surface area (Å²) in [6.07, 6.45) is 1.65. The molecule has 0 bridgehead atoms. The number of nitrogens with zero attached hydrogens (tertiary/aromatic N) is 2. The lowest BCUT2D eigenvalue weighted by atomic mass is 9.98. The Morgan fingerprint density at radius 2 is 2.17 bits per heavy atom. The molecule has 2 aromatic rings. The van der Waals surface area contributed by atoms with Gasteiger partial charge >= 0.3 is 5.97 Å². The van der Waals surface area contributed by atoms with Crippen LogP contribution in [0.4, 0.5) is 5.82 Å². The first-order chi connectivity index (χ1) is 11.2. The summed E-state index contributed by atoms with van der Waals surface area (Å²) in [4.78, 5) is 18.5. The topological polar surface area (TPSA) is 54.5 Å². The number of nitrogens with one attached hydrogen (secondary N) is 1. The molecule has 1 atom stereocenters. The molecule has 1 aliphatic rings. The van der Waals surface area contributed by atoms with Gasteiger partial charge in [0.15, 0.2) is 0 Å². The molecule has 1 aromatic carbocycles. The molecule has 6 heteroatoms. The van der Waals surface area contributed by atoms with Gasteiger partial charge in [0.05, 0.1) is 23.7 Å². The molecule has 3 rings (SSSR count). The van der Waals surface area contributed by atoms with E-state index in [0.29, 0.717) is 10.6 Å². The van der Waals surface area contributed by atoms with Gasteiger partial charge in [-0.15, -0.1) is 0 Å². The minimum Gasteiger partial charge on any atom is -0.465 e. The van der Waals surface area contributed by atoms with Gasteiger partial charge in [0.1, 0.15) is 5.82 Å². The Hall–Kier alpha value is -2.11. The number of methoxy groups -OCH3 is 1. The van der Waals surface area contributed by atoms with E-state index in [4.69, 9.17) is 16.3 Å². The largest absolute Gasteiger partial charge is 0.465 e. The number of piperazine rings is 1. The summed E-state index contributed by atoms with van der Waals surface area (Å²) < 4.78 is 4.89. The van der Waals surface area contributed by atoms with Crippen molar-refractivity contribution < 1.29 is 9.53 Å². The Labute approximate surface area is 140 Å². The zero-order valence-corrected chi connectivity index (χ0v) is 13.6. The van der Waals surface area contributed by atoms with E-state index in [-0.39, 0.29) is 12.0 Å². The van der Waals surface area contributed by atoms with Crippen LogP contribution in [-0.4, -0.2) is 37.7 Å². The molecule has 5 nitrogen and oxygen atoms in total. The van der Waals surface area contributed by atoms with Gasteiger partial charge in [-0.25, -0.2) is 9.78 Å². The number of carbonyl (C=O) groups is 1. The molecule has 0 saturated carbocycles. The lowest BCUT2D eigenvalue weighted by Gasteiger charge is -2.35. The van der Waals surface area contributed by atoms with Gasteiger partial charge in [-0.1, -0.05) is 29.8 Å². The maximum atomic E-state index is 12.0. The molecule has 1 N–H and O–H groups in total. The van der Waals surface area contributed by atoms with E-state index >= 15 is 0 Å². The smallest absolute Gasteiger partial charge is 0.338 e. The van der Waals surface area contributed by atoms with Crippen molar-refractivity contribution in [3.63, 3.8) is 0 Å². The van der Waals surface area contributed by atoms with Crippen LogP contribution >= 0.6 is 11.6 Å². The fourth-order valence-electron chi connectivity index (χ4n) is 2.82. The number of aromatic nitrogens is 1. The molecule has 1 aliphatic heterocycles. The number of hydrogen-bond donors (Lipinski definition) is 1. The Morgan fingerprint density at radius 1 is 1.35 bits per heavy atom. The second-order valence-electron chi connectivity index (χ2n) is 5.37. The molecule has 1 aromatic heterocycles. The summed E-state index contributed by atoms with van der Waals surface area (Å²) in [6, 6.07) is 11.3. The van der Waals surface area contributed by atoms with Crippen molar-refractivity contribution in [2.75, 3.05) is 31.6 Å². The van der Waals surface area contributed by atoms with E-state index in [9.17, 15) is 4.79 Å². The van der Waals surface area contributed by atoms with Gasteiger partial charge in [0.25, 0.3) is 0 Å². The summed E-state index contributed by atoms with van der Waals surface area (Å²) >= 11 is 5.90. The Balaban J connectivity index is 1.84. The van der Waals surface area contributed by atoms with Crippen LogP contribution in [0, 0.1) is 0 Å². The molecular formula is C17H18ClN3O2. The first-order valence-corrected chi connectivity index (χ1v) is 7.84. The van der Waals surface area contributed by atoms with Gasteiger partial charge in [0, 0.05) is 25.8 Å². The van der Waals surface area contributed by atoms with E-state index < -0.39 is 0 Å². The molecule has 1 fully saturated rings. The van der Waals surface area contributed by atoms with Crippen molar-refractivity contribution in [3.8, 4) is 0 Å². The van der Waals surface area contributed by atoms with Crippen molar-refractivity contribution in [3.05, 3.63) is 58.7 Å². The van der Waals surface area contributed by atoms with E-state index in [2.05, 4.69) is 15.2 Å². The van der Waals surface area contributed by atoms with E-state index in [0.717, 1.165) is 31.0 Å². The van der Waals surface area contributed by atoms with Crippen molar-refractivity contribution in [1.82, 2.24) is 10.3 Å². The van der Waals surface area contributed by atoms with Crippen LogP contribution in [0.3, 0.4) is 0 Å². The van der Waals surface area contributed by atoms with Crippen LogP contribution < -0.4 is 10.2 Å². The van der Waals surface area contributed by atoms with Gasteiger partial charge < -0.3 is 15.0 Å². The monoisotopic (exact) mass is 331 g/mol. The van der Waals surface area contributed by atoms with Crippen molar-refractivity contribution in [1.29, 1.82) is 0 Å². The third-order valence-electron chi connectivity index (χ3n) is 3.95. The van der Waals surface area contributed by atoms with Gasteiger partial charge in [-0.3, -0.25) is 0 Å². The fourth-order valence-corrected chi connectivity index (χ4v) is 2.93. The molecule has 1 unspecified atom stereocenters. The van der Waals surface area contributed by atoms with E-state index in [1.807, 2.05) is 30.3 Å². The fraction of sp³-hybridized carbons (Fsp3) is 0.294. The predicted octanol–water partition coefficient (Wildman–Crippen LogP) is 2.67. The second-order valence-corrected chi connectivity index (χ2v) is 5.80. The molecule has 0 spiro atoms. The summed E-state index contributed by atoms with van der Waals surface area (Å²) in [5.74, 6) is 0.570. The number of carbonyl (C=O) groups excluding carboxylic acids is 1. The van der Waals surface area contributed by atoms with Crippen LogP contribution in [0.2, 0.25) is 5.02 Å². The molecule has 0 radical (unpaired) electrons. The van der Waals surface area contributed by atoms with Crippen LogP contribution in [0.5, 0.6) is 0 Å². The summed E-state index contributed by atoms with van der Waals surface area (Å²) in [5, 5.41) is 4.08. The highest BCUT2D eigenvalue weighted by atomic mass is 35.5. The molecule has 1 saturated heterocycles. The summed E-state index contributed by atoms with van der Waals surface area (Å²) in [5.41, 5.74) is 1.54. The minimum atomic E-state index is -0.316. The standard InChI is InChI=1S/C17H18ClN3O2/c1-23-17(22)14-5-3-2-4-13(14)15-11-21(9-8-19-15)16-7-6-12(18)10-20-16/h2-7,10,15,19H,8-9,11H2,1H3. The van der Waals surface area contributed by atoms with E-state index in [1.165, 1.54) is 7.11 Å². The summed E-state index contributed by atoms with van der Waals surface area (Å²) in [7, 11) is 1.40. The van der Waals surface area contributed by atoms with Gasteiger partial charge in [-0.05, 0) is 23.8 Å². The number of anilines is 1. The average Bonchev–Trinajstić information content (AvgIpc) is 2.62. The van der Waals surface area contributed by atoms with Crippen molar-refractivity contribution in [2.24, 2.45) is 0 Å². The normalized spacial score (nSPS) is 17.8. The lowest BCUT2D eigenvalue weighted by molar-refractivity contribution is 0.0598.